The van der Waals surface area contributed by atoms with Crippen LogP contribution < -0.4 is 10.1 Å². The number of ether oxygens (including phenoxy) is 1. The first-order chi connectivity index (χ1) is 13.5. The van der Waals surface area contributed by atoms with Gasteiger partial charge in [-0.05, 0) is 54.2 Å². The Kier molecular flexibility index (Phi) is 7.58. The van der Waals surface area contributed by atoms with Crippen LogP contribution in [0.2, 0.25) is 5.02 Å². The van der Waals surface area contributed by atoms with E-state index in [-0.39, 0.29) is 22.5 Å². The highest BCUT2D eigenvalue weighted by Crippen LogP contribution is 2.34. The van der Waals surface area contributed by atoms with Gasteiger partial charge in [-0.25, -0.2) is 0 Å². The van der Waals surface area contributed by atoms with Gasteiger partial charge in [0, 0.05) is 6.42 Å². The van der Waals surface area contributed by atoms with Crippen LogP contribution in [0.15, 0.2) is 42.5 Å². The molecule has 3 nitrogen and oxygen atoms in total. The zero-order chi connectivity index (χ0) is 21.7. The van der Waals surface area contributed by atoms with Crippen LogP contribution in [0, 0.1) is 0 Å². The molecule has 0 unspecified atom stereocenters. The van der Waals surface area contributed by atoms with Gasteiger partial charge in [-0.15, -0.1) is 0 Å². The van der Waals surface area contributed by atoms with E-state index in [0.29, 0.717) is 18.8 Å². The molecule has 0 aromatic heterocycles. The number of halogens is 4. The van der Waals surface area contributed by atoms with Crippen LogP contribution in [0.4, 0.5) is 18.9 Å². The van der Waals surface area contributed by atoms with Gasteiger partial charge in [0.15, 0.2) is 0 Å². The van der Waals surface area contributed by atoms with E-state index in [0.717, 1.165) is 24.6 Å². The lowest BCUT2D eigenvalue weighted by atomic mass is 9.82. The number of rotatable bonds is 8. The van der Waals surface area contributed by atoms with E-state index in [2.05, 4.69) is 26.1 Å². The molecule has 7 heteroatoms. The van der Waals surface area contributed by atoms with Crippen molar-refractivity contribution in [3.63, 3.8) is 0 Å². The monoisotopic (exact) mass is 427 g/mol. The average molecular weight is 428 g/mol. The molecular weight excluding hydrogens is 403 g/mol. The lowest BCUT2D eigenvalue weighted by molar-refractivity contribution is -0.137. The van der Waals surface area contributed by atoms with Gasteiger partial charge in [0.25, 0.3) is 0 Å². The van der Waals surface area contributed by atoms with Crippen molar-refractivity contribution in [2.75, 3.05) is 11.9 Å². The number of nitrogens with one attached hydrogen (secondary N) is 1. The summed E-state index contributed by atoms with van der Waals surface area (Å²) in [5, 5.41) is 2.48. The fraction of sp³-hybridized carbons (Fsp3) is 0.409. The third-order valence-corrected chi connectivity index (χ3v) is 5.23. The zero-order valence-corrected chi connectivity index (χ0v) is 17.5. The highest BCUT2D eigenvalue weighted by atomic mass is 35.5. The maximum absolute atomic E-state index is 12.8. The van der Waals surface area contributed by atoms with Gasteiger partial charge in [0.2, 0.25) is 5.91 Å². The molecule has 0 saturated carbocycles. The average Bonchev–Trinajstić information content (AvgIpc) is 2.66. The van der Waals surface area contributed by atoms with Gasteiger partial charge in [-0.2, -0.15) is 13.2 Å². The molecule has 0 atom stereocenters. The van der Waals surface area contributed by atoms with Crippen LogP contribution in [0.3, 0.4) is 0 Å². The summed E-state index contributed by atoms with van der Waals surface area (Å²) >= 11 is 5.88. The van der Waals surface area contributed by atoms with E-state index in [1.807, 2.05) is 24.3 Å². The molecule has 2 aromatic rings. The van der Waals surface area contributed by atoms with Crippen molar-refractivity contribution < 1.29 is 22.7 Å². The second kappa shape index (κ2) is 9.53. The third kappa shape index (κ3) is 6.67. The molecule has 1 N–H and O–H groups in total. The Morgan fingerprint density at radius 3 is 2.28 bits per heavy atom. The van der Waals surface area contributed by atoms with Crippen LogP contribution in [0.1, 0.15) is 51.2 Å². The Balaban J connectivity index is 1.82. The van der Waals surface area contributed by atoms with Crippen LogP contribution in [-0.2, 0) is 16.4 Å². The standard InChI is InChI=1S/C22H25ClF3NO2/c1-4-21(2,3)15-7-10-17(11-8-15)29-13-5-6-20(28)27-19-14-16(22(24,25)26)9-12-18(19)23/h7-12,14H,4-6,13H2,1-3H3,(H,27,28). The molecule has 0 aliphatic carbocycles. The van der Waals surface area contributed by atoms with Crippen molar-refractivity contribution in [3.8, 4) is 5.75 Å². The fourth-order valence-corrected chi connectivity index (χ4v) is 2.80. The predicted molar refractivity (Wildman–Crippen MR) is 110 cm³/mol. The highest BCUT2D eigenvalue weighted by Gasteiger charge is 2.31. The normalized spacial score (nSPS) is 12.0. The Morgan fingerprint density at radius 1 is 1.07 bits per heavy atom. The minimum absolute atomic E-state index is 0.0534. The maximum Gasteiger partial charge on any atom is 0.416 e. The van der Waals surface area contributed by atoms with Crippen molar-refractivity contribution in [1.82, 2.24) is 0 Å². The van der Waals surface area contributed by atoms with E-state index in [1.54, 1.807) is 0 Å². The predicted octanol–water partition coefficient (Wildman–Crippen LogP) is 6.84. The number of amides is 1. The van der Waals surface area contributed by atoms with E-state index < -0.39 is 17.6 Å². The molecule has 0 spiro atoms. The summed E-state index contributed by atoms with van der Waals surface area (Å²) in [7, 11) is 0. The lowest BCUT2D eigenvalue weighted by Gasteiger charge is -2.23. The van der Waals surface area contributed by atoms with Crippen molar-refractivity contribution >= 4 is 23.2 Å². The zero-order valence-electron chi connectivity index (χ0n) is 16.7. The van der Waals surface area contributed by atoms with E-state index in [1.165, 1.54) is 5.56 Å². The number of alkyl halides is 3. The first-order valence-electron chi connectivity index (χ1n) is 9.43. The summed E-state index contributed by atoms with van der Waals surface area (Å²) in [5.74, 6) is 0.289. The van der Waals surface area contributed by atoms with Gasteiger partial charge in [-0.1, -0.05) is 44.5 Å². The molecular formula is C22H25ClF3NO2. The summed E-state index contributed by atoms with van der Waals surface area (Å²) in [6, 6.07) is 10.7. The molecule has 0 bridgehead atoms. The van der Waals surface area contributed by atoms with Gasteiger partial charge in [0.1, 0.15) is 5.75 Å². The number of hydrogen-bond acceptors (Lipinski definition) is 2. The summed E-state index contributed by atoms with van der Waals surface area (Å²) < 4.78 is 44.0. The largest absolute Gasteiger partial charge is 0.494 e. The molecule has 0 radical (unpaired) electrons. The molecule has 0 aliphatic rings. The SMILES string of the molecule is CCC(C)(C)c1ccc(OCCCC(=O)Nc2cc(C(F)(F)F)ccc2Cl)cc1. The van der Waals surface area contributed by atoms with Crippen LogP contribution in [-0.4, -0.2) is 12.5 Å². The smallest absolute Gasteiger partial charge is 0.416 e. The van der Waals surface area contributed by atoms with Crippen LogP contribution in [0.25, 0.3) is 0 Å². The Labute approximate surface area is 174 Å². The number of anilines is 1. The quantitative estimate of drug-likeness (QED) is 0.468. The summed E-state index contributed by atoms with van der Waals surface area (Å²) in [6.45, 7) is 6.82. The Hall–Kier alpha value is -2.21. The molecule has 0 fully saturated rings. The summed E-state index contributed by atoms with van der Waals surface area (Å²) in [5.41, 5.74) is 0.405. The molecule has 0 saturated heterocycles. The Bertz CT molecular complexity index is 833. The fourth-order valence-electron chi connectivity index (χ4n) is 2.64. The van der Waals surface area contributed by atoms with E-state index in [4.69, 9.17) is 16.3 Å². The first kappa shape index (κ1) is 23.1. The molecule has 2 aromatic carbocycles. The van der Waals surface area contributed by atoms with Crippen molar-refractivity contribution in [1.29, 1.82) is 0 Å². The molecule has 29 heavy (non-hydrogen) atoms. The van der Waals surface area contributed by atoms with Crippen molar-refractivity contribution in [3.05, 3.63) is 58.6 Å². The lowest BCUT2D eigenvalue weighted by Crippen LogP contribution is -2.15. The summed E-state index contributed by atoms with van der Waals surface area (Å²) in [6.07, 6.45) is -2.95. The minimum Gasteiger partial charge on any atom is -0.494 e. The van der Waals surface area contributed by atoms with Crippen LogP contribution in [0.5, 0.6) is 5.75 Å². The maximum atomic E-state index is 12.8. The Morgan fingerprint density at radius 2 is 1.69 bits per heavy atom. The van der Waals surface area contributed by atoms with E-state index in [9.17, 15) is 18.0 Å². The van der Waals surface area contributed by atoms with E-state index >= 15 is 0 Å². The minimum atomic E-state index is -4.50. The molecule has 0 aliphatic heterocycles. The van der Waals surface area contributed by atoms with Crippen molar-refractivity contribution in [2.45, 2.75) is 51.6 Å². The molecule has 2 rings (SSSR count). The topological polar surface area (TPSA) is 38.3 Å². The summed E-state index contributed by atoms with van der Waals surface area (Å²) in [4.78, 5) is 12.0. The molecule has 158 valence electrons. The number of carbonyl (C=O) groups excluding carboxylic acids is 1. The van der Waals surface area contributed by atoms with Gasteiger partial charge < -0.3 is 10.1 Å². The van der Waals surface area contributed by atoms with Crippen molar-refractivity contribution in [2.24, 2.45) is 0 Å². The number of benzene rings is 2. The van der Waals surface area contributed by atoms with Gasteiger partial charge in [-0.3, -0.25) is 4.79 Å². The molecule has 0 heterocycles. The molecule has 1 amide bonds. The van der Waals surface area contributed by atoms with Gasteiger partial charge >= 0.3 is 6.18 Å². The number of hydrogen-bond donors (Lipinski definition) is 1. The van der Waals surface area contributed by atoms with Gasteiger partial charge in [0.05, 0.1) is 22.9 Å². The number of carbonyl (C=O) groups is 1. The van der Waals surface area contributed by atoms with Crippen LogP contribution >= 0.6 is 11.6 Å². The first-order valence-corrected chi connectivity index (χ1v) is 9.80. The second-order valence-corrected chi connectivity index (χ2v) is 7.86. The third-order valence-electron chi connectivity index (χ3n) is 4.90. The highest BCUT2D eigenvalue weighted by molar-refractivity contribution is 6.33. The second-order valence-electron chi connectivity index (χ2n) is 7.45.